The second-order valence-electron chi connectivity index (χ2n) is 5.58. The minimum absolute atomic E-state index is 0.331. The van der Waals surface area contributed by atoms with Crippen molar-refractivity contribution in [2.75, 3.05) is 26.3 Å². The molecule has 1 aromatic rings. The van der Waals surface area contributed by atoms with Gasteiger partial charge in [-0.1, -0.05) is 19.9 Å². The zero-order valence-corrected chi connectivity index (χ0v) is 12.8. The first-order chi connectivity index (χ1) is 9.51. The van der Waals surface area contributed by atoms with Crippen LogP contribution < -0.4 is 0 Å². The zero-order valence-electron chi connectivity index (χ0n) is 12.8. The summed E-state index contributed by atoms with van der Waals surface area (Å²) in [6.07, 6.45) is 1.19. The molecular weight excluding hydrogens is 254 g/mol. The van der Waals surface area contributed by atoms with Crippen molar-refractivity contribution in [3.05, 3.63) is 36.3 Å². The third-order valence-corrected chi connectivity index (χ3v) is 2.81. The lowest BCUT2D eigenvalue weighted by molar-refractivity contribution is 0.0210. The van der Waals surface area contributed by atoms with E-state index >= 15 is 0 Å². The van der Waals surface area contributed by atoms with Gasteiger partial charge < -0.3 is 14.3 Å². The molecule has 1 rings (SSSR count). The highest BCUT2D eigenvalue weighted by Crippen LogP contribution is 2.11. The first-order valence-corrected chi connectivity index (χ1v) is 7.15. The predicted octanol–water partition coefficient (Wildman–Crippen LogP) is 2.61. The molecule has 0 bridgehead atoms. The summed E-state index contributed by atoms with van der Waals surface area (Å²) in [6.45, 7) is 12.9. The highest BCUT2D eigenvalue weighted by molar-refractivity contribution is 5.05. The van der Waals surface area contributed by atoms with E-state index in [2.05, 4.69) is 25.3 Å². The number of ether oxygens (including phenoxy) is 1. The maximum Gasteiger partial charge on any atom is 0.118 e. The first kappa shape index (κ1) is 17.0. The number of furan rings is 1. The van der Waals surface area contributed by atoms with E-state index in [1.165, 1.54) is 0 Å². The smallest absolute Gasteiger partial charge is 0.118 e. The molecule has 1 N–H and O–H groups in total. The summed E-state index contributed by atoms with van der Waals surface area (Å²) in [5.41, 5.74) is 0. The third-order valence-electron chi connectivity index (χ3n) is 2.81. The maximum atomic E-state index is 10.0. The maximum absolute atomic E-state index is 10.0. The van der Waals surface area contributed by atoms with Crippen molar-refractivity contribution in [3.63, 3.8) is 0 Å². The summed E-state index contributed by atoms with van der Waals surface area (Å²) >= 11 is 0. The molecule has 114 valence electrons. The summed E-state index contributed by atoms with van der Waals surface area (Å²) in [4.78, 5) is 2.20. The number of nitrogens with zero attached hydrogens (tertiary/aromatic N) is 1. The van der Waals surface area contributed by atoms with Crippen LogP contribution in [-0.4, -0.2) is 42.4 Å². The Morgan fingerprint density at radius 1 is 1.40 bits per heavy atom. The molecule has 0 saturated carbocycles. The van der Waals surface area contributed by atoms with Gasteiger partial charge in [-0.2, -0.15) is 0 Å². The Morgan fingerprint density at radius 3 is 2.70 bits per heavy atom. The average Bonchev–Trinajstić information content (AvgIpc) is 2.74. The molecule has 0 aliphatic rings. The van der Waals surface area contributed by atoms with Crippen molar-refractivity contribution < 1.29 is 14.3 Å². The molecule has 1 atom stereocenters. The predicted molar refractivity (Wildman–Crippen MR) is 80.6 cm³/mol. The lowest BCUT2D eigenvalue weighted by atomic mass is 10.2. The van der Waals surface area contributed by atoms with Crippen LogP contribution in [0.15, 0.2) is 29.2 Å². The summed E-state index contributed by atoms with van der Waals surface area (Å²) in [5, 5.41) is 10.0. The number of aliphatic hydroxyl groups is 1. The standard InChI is InChI=1S/C16H27NO3/c1-5-8-19-12-15(18)10-17(9-13(2)3)11-16-7-6-14(4)20-16/h5-7,13,15,18H,1,8-12H2,2-4H3/t15-/m1/s1. The number of hydrogen-bond donors (Lipinski definition) is 1. The van der Waals surface area contributed by atoms with Crippen LogP contribution in [0.25, 0.3) is 0 Å². The van der Waals surface area contributed by atoms with Gasteiger partial charge in [-0.05, 0) is 25.0 Å². The molecule has 4 heteroatoms. The van der Waals surface area contributed by atoms with Gasteiger partial charge in [-0.3, -0.25) is 4.90 Å². The van der Waals surface area contributed by atoms with Crippen LogP contribution >= 0.6 is 0 Å². The Balaban J connectivity index is 2.48. The van der Waals surface area contributed by atoms with Gasteiger partial charge in [0.25, 0.3) is 0 Å². The van der Waals surface area contributed by atoms with E-state index < -0.39 is 6.10 Å². The molecule has 0 radical (unpaired) electrons. The van der Waals surface area contributed by atoms with Crippen molar-refractivity contribution in [1.29, 1.82) is 0 Å². The number of aryl methyl sites for hydroxylation is 1. The fourth-order valence-electron chi connectivity index (χ4n) is 2.15. The Morgan fingerprint density at radius 2 is 2.15 bits per heavy atom. The number of hydrogen-bond acceptors (Lipinski definition) is 4. The van der Waals surface area contributed by atoms with Crippen LogP contribution in [0.4, 0.5) is 0 Å². The van der Waals surface area contributed by atoms with Gasteiger partial charge in [0.2, 0.25) is 0 Å². The molecule has 0 aromatic carbocycles. The Labute approximate surface area is 122 Å². The van der Waals surface area contributed by atoms with Gasteiger partial charge in [0.05, 0.1) is 25.9 Å². The molecule has 0 amide bonds. The highest BCUT2D eigenvalue weighted by Gasteiger charge is 2.15. The molecule has 20 heavy (non-hydrogen) atoms. The van der Waals surface area contributed by atoms with E-state index in [4.69, 9.17) is 9.15 Å². The van der Waals surface area contributed by atoms with E-state index in [0.717, 1.165) is 18.1 Å². The van der Waals surface area contributed by atoms with Crippen LogP contribution in [0.3, 0.4) is 0 Å². The summed E-state index contributed by atoms with van der Waals surface area (Å²) in [5.74, 6) is 2.38. The molecule has 0 aliphatic heterocycles. The van der Waals surface area contributed by atoms with Crippen molar-refractivity contribution in [1.82, 2.24) is 4.90 Å². The highest BCUT2D eigenvalue weighted by atomic mass is 16.5. The molecule has 1 aromatic heterocycles. The average molecular weight is 281 g/mol. The fourth-order valence-corrected chi connectivity index (χ4v) is 2.15. The summed E-state index contributed by atoms with van der Waals surface area (Å²) in [6, 6.07) is 3.95. The molecule has 0 unspecified atom stereocenters. The molecule has 0 aliphatic carbocycles. The lowest BCUT2D eigenvalue weighted by Crippen LogP contribution is -2.36. The van der Waals surface area contributed by atoms with Crippen LogP contribution in [-0.2, 0) is 11.3 Å². The minimum Gasteiger partial charge on any atom is -0.465 e. The van der Waals surface area contributed by atoms with Crippen molar-refractivity contribution in [3.8, 4) is 0 Å². The zero-order chi connectivity index (χ0) is 15.0. The monoisotopic (exact) mass is 281 g/mol. The molecule has 1 heterocycles. The Hall–Kier alpha value is -1.10. The van der Waals surface area contributed by atoms with Gasteiger partial charge >= 0.3 is 0 Å². The second-order valence-corrected chi connectivity index (χ2v) is 5.58. The van der Waals surface area contributed by atoms with E-state index in [1.807, 2.05) is 19.1 Å². The van der Waals surface area contributed by atoms with E-state index in [-0.39, 0.29) is 0 Å². The first-order valence-electron chi connectivity index (χ1n) is 7.15. The Kier molecular flexibility index (Phi) is 7.59. The van der Waals surface area contributed by atoms with Gasteiger partial charge in [0.15, 0.2) is 0 Å². The summed E-state index contributed by atoms with van der Waals surface area (Å²) < 4.78 is 10.9. The molecule has 0 spiro atoms. The quantitative estimate of drug-likeness (QED) is 0.529. The van der Waals surface area contributed by atoms with Crippen LogP contribution in [0.2, 0.25) is 0 Å². The minimum atomic E-state index is -0.496. The van der Waals surface area contributed by atoms with E-state index in [1.54, 1.807) is 6.08 Å². The van der Waals surface area contributed by atoms with Crippen LogP contribution in [0, 0.1) is 12.8 Å². The van der Waals surface area contributed by atoms with E-state index in [9.17, 15) is 5.11 Å². The van der Waals surface area contributed by atoms with Gasteiger partial charge in [0.1, 0.15) is 11.5 Å². The van der Waals surface area contributed by atoms with Crippen LogP contribution in [0.5, 0.6) is 0 Å². The van der Waals surface area contributed by atoms with Crippen molar-refractivity contribution in [2.24, 2.45) is 5.92 Å². The van der Waals surface area contributed by atoms with E-state index in [0.29, 0.717) is 32.2 Å². The largest absolute Gasteiger partial charge is 0.465 e. The molecule has 0 fully saturated rings. The number of rotatable bonds is 10. The Bertz CT molecular complexity index is 387. The van der Waals surface area contributed by atoms with Crippen molar-refractivity contribution in [2.45, 2.75) is 33.4 Å². The number of aliphatic hydroxyl groups excluding tert-OH is 1. The molecule has 4 nitrogen and oxygen atoms in total. The van der Waals surface area contributed by atoms with Gasteiger partial charge in [-0.15, -0.1) is 6.58 Å². The normalized spacial score (nSPS) is 13.1. The topological polar surface area (TPSA) is 45.8 Å². The van der Waals surface area contributed by atoms with Gasteiger partial charge in [-0.25, -0.2) is 0 Å². The molecule has 0 saturated heterocycles. The second kappa shape index (κ2) is 8.95. The van der Waals surface area contributed by atoms with Gasteiger partial charge in [0, 0.05) is 13.1 Å². The summed E-state index contributed by atoms with van der Waals surface area (Å²) in [7, 11) is 0. The molecular formula is C16H27NO3. The lowest BCUT2D eigenvalue weighted by Gasteiger charge is -2.25. The fraction of sp³-hybridized carbons (Fsp3) is 0.625. The van der Waals surface area contributed by atoms with Crippen molar-refractivity contribution >= 4 is 0 Å². The van der Waals surface area contributed by atoms with Crippen LogP contribution in [0.1, 0.15) is 25.4 Å². The SMILES string of the molecule is C=CCOC[C@H](O)CN(Cc1ccc(C)o1)CC(C)C. The third kappa shape index (κ3) is 6.89.